The zero-order valence-corrected chi connectivity index (χ0v) is 18.0. The Bertz CT molecular complexity index is 1160. The van der Waals surface area contributed by atoms with E-state index in [1.807, 2.05) is 24.3 Å². The van der Waals surface area contributed by atoms with Gasteiger partial charge >= 0.3 is 0 Å². The number of ether oxygens (including phenoxy) is 1. The summed E-state index contributed by atoms with van der Waals surface area (Å²) in [6, 6.07) is 7.46. The van der Waals surface area contributed by atoms with E-state index >= 15 is 0 Å². The first-order chi connectivity index (χ1) is 15.5. The highest BCUT2D eigenvalue weighted by Gasteiger charge is 2.54. The summed E-state index contributed by atoms with van der Waals surface area (Å²) in [6.07, 6.45) is 8.09. The van der Waals surface area contributed by atoms with Crippen LogP contribution in [0, 0.1) is 17.8 Å². The SMILES string of the molecule is COc1ccc(NC(=O)c2cnc3[nH]cnc3c2N[C@H]2[C@@H]3CC4C[C@H]2C[C@@](O)(C4)C3)cc1. The highest BCUT2D eigenvalue weighted by atomic mass is 16.5. The zero-order valence-electron chi connectivity index (χ0n) is 18.0. The second kappa shape index (κ2) is 7.20. The number of aliphatic hydroxyl groups is 1. The van der Waals surface area contributed by atoms with Gasteiger partial charge in [0.05, 0.1) is 30.3 Å². The molecule has 4 bridgehead atoms. The van der Waals surface area contributed by atoms with E-state index in [1.54, 1.807) is 19.6 Å². The van der Waals surface area contributed by atoms with E-state index < -0.39 is 5.60 Å². The number of hydrogen-bond donors (Lipinski definition) is 4. The largest absolute Gasteiger partial charge is 0.497 e. The van der Waals surface area contributed by atoms with Crippen molar-refractivity contribution >= 4 is 28.4 Å². The van der Waals surface area contributed by atoms with E-state index in [1.165, 1.54) is 0 Å². The fourth-order valence-corrected chi connectivity index (χ4v) is 6.46. The van der Waals surface area contributed by atoms with Crippen molar-refractivity contribution in [2.24, 2.45) is 17.8 Å². The van der Waals surface area contributed by atoms with Crippen LogP contribution in [0.2, 0.25) is 0 Å². The Kier molecular flexibility index (Phi) is 4.40. The number of pyridine rings is 1. The molecular weight excluding hydrogens is 406 g/mol. The van der Waals surface area contributed by atoms with Crippen molar-refractivity contribution in [2.45, 2.75) is 43.7 Å². The maximum atomic E-state index is 13.3. The van der Waals surface area contributed by atoms with Crippen molar-refractivity contribution in [1.82, 2.24) is 15.0 Å². The molecule has 7 rings (SSSR count). The average molecular weight is 434 g/mol. The topological polar surface area (TPSA) is 112 Å². The number of nitrogens with zero attached hydrogens (tertiary/aromatic N) is 2. The van der Waals surface area contributed by atoms with Crippen LogP contribution in [0.15, 0.2) is 36.8 Å². The Hall–Kier alpha value is -3.13. The molecule has 3 aromatic rings. The number of benzene rings is 1. The quantitative estimate of drug-likeness (QED) is 0.489. The van der Waals surface area contributed by atoms with Gasteiger partial charge in [0.15, 0.2) is 5.65 Å². The molecular formula is C24H27N5O3. The number of anilines is 2. The lowest BCUT2D eigenvalue weighted by Gasteiger charge is -2.58. The second-order valence-corrected chi connectivity index (χ2v) is 9.69. The molecule has 1 aromatic carbocycles. The maximum Gasteiger partial charge on any atom is 0.259 e. The van der Waals surface area contributed by atoms with E-state index in [4.69, 9.17) is 4.74 Å². The lowest BCUT2D eigenvalue weighted by molar-refractivity contribution is -0.129. The summed E-state index contributed by atoms with van der Waals surface area (Å²) in [7, 11) is 1.61. The first-order valence-corrected chi connectivity index (χ1v) is 11.3. The van der Waals surface area contributed by atoms with Crippen LogP contribution >= 0.6 is 0 Å². The summed E-state index contributed by atoms with van der Waals surface area (Å²) >= 11 is 0. The fourth-order valence-electron chi connectivity index (χ4n) is 6.46. The first kappa shape index (κ1) is 19.5. The highest BCUT2D eigenvalue weighted by Crippen LogP contribution is 2.56. The molecule has 8 nitrogen and oxygen atoms in total. The molecule has 0 saturated heterocycles. The predicted octanol–water partition coefficient (Wildman–Crippen LogP) is 3.57. The molecule has 1 unspecified atom stereocenters. The van der Waals surface area contributed by atoms with Crippen LogP contribution < -0.4 is 15.4 Å². The lowest BCUT2D eigenvalue weighted by atomic mass is 9.52. The van der Waals surface area contributed by atoms with Crippen LogP contribution in [-0.2, 0) is 0 Å². The molecule has 8 heteroatoms. The van der Waals surface area contributed by atoms with Crippen LogP contribution in [0.3, 0.4) is 0 Å². The van der Waals surface area contributed by atoms with Crippen LogP contribution in [0.1, 0.15) is 42.5 Å². The third-order valence-electron chi connectivity index (χ3n) is 7.59. The molecule has 1 amide bonds. The summed E-state index contributed by atoms with van der Waals surface area (Å²) in [6.45, 7) is 0. The number of nitrogens with one attached hydrogen (secondary N) is 3. The molecule has 4 N–H and O–H groups in total. The molecule has 166 valence electrons. The standard InChI is InChI=1S/C24H27N5O3/c1-32-17-4-2-16(3-5-17)28-23(30)18-11-25-22-21(26-12-27-22)20(18)29-19-14-6-13-7-15(19)10-24(31,8-13)9-14/h2-5,11-15,19,31H,6-10H2,1H3,(H,28,30)(H2,25,26,27,29)/t13?,14-,15+,19+,24-. The van der Waals surface area contributed by atoms with Crippen LogP contribution in [0.5, 0.6) is 5.75 Å². The number of aromatic nitrogens is 3. The second-order valence-electron chi connectivity index (χ2n) is 9.69. The monoisotopic (exact) mass is 433 g/mol. The number of carbonyl (C=O) groups excluding carboxylic acids is 1. The number of amides is 1. The number of H-pyrrole nitrogens is 1. The molecule has 4 fully saturated rings. The molecule has 32 heavy (non-hydrogen) atoms. The van der Waals surface area contributed by atoms with E-state index in [0.29, 0.717) is 45.9 Å². The van der Waals surface area contributed by atoms with Crippen LogP contribution in [0.25, 0.3) is 11.2 Å². The normalized spacial score (nSPS) is 30.4. The lowest BCUT2D eigenvalue weighted by Crippen LogP contribution is -2.59. The smallest absolute Gasteiger partial charge is 0.259 e. The molecule has 2 aromatic heterocycles. The fraction of sp³-hybridized carbons (Fsp3) is 0.458. The van der Waals surface area contributed by atoms with Gasteiger partial charge in [-0.2, -0.15) is 0 Å². The Balaban J connectivity index is 1.32. The number of rotatable bonds is 5. The van der Waals surface area contributed by atoms with Crippen molar-refractivity contribution in [2.75, 3.05) is 17.7 Å². The average Bonchev–Trinajstić information content (AvgIpc) is 3.25. The molecule has 4 saturated carbocycles. The van der Waals surface area contributed by atoms with Gasteiger partial charge in [0.25, 0.3) is 5.91 Å². The Morgan fingerprint density at radius 1 is 1.16 bits per heavy atom. The van der Waals surface area contributed by atoms with Crippen molar-refractivity contribution < 1.29 is 14.6 Å². The number of carbonyl (C=O) groups is 1. The third kappa shape index (κ3) is 3.21. The van der Waals surface area contributed by atoms with Gasteiger partial charge in [-0.1, -0.05) is 0 Å². The summed E-state index contributed by atoms with van der Waals surface area (Å²) in [5, 5.41) is 17.6. The molecule has 0 spiro atoms. The van der Waals surface area contributed by atoms with Gasteiger partial charge in [0.2, 0.25) is 0 Å². The van der Waals surface area contributed by atoms with Gasteiger partial charge in [-0.05, 0) is 74.1 Å². The first-order valence-electron chi connectivity index (χ1n) is 11.3. The molecule has 4 aliphatic rings. The number of imidazole rings is 1. The van der Waals surface area contributed by atoms with Crippen molar-refractivity contribution in [3.05, 3.63) is 42.4 Å². The number of methoxy groups -OCH3 is 1. The number of aromatic amines is 1. The molecule has 5 atom stereocenters. The Labute approximate surface area is 185 Å². The molecule has 0 radical (unpaired) electrons. The van der Waals surface area contributed by atoms with Gasteiger partial charge in [-0.3, -0.25) is 4.79 Å². The summed E-state index contributed by atoms with van der Waals surface area (Å²) in [5.74, 6) is 1.93. The number of fused-ring (bicyclic) bond motifs is 1. The third-order valence-corrected chi connectivity index (χ3v) is 7.59. The van der Waals surface area contributed by atoms with Crippen molar-refractivity contribution in [3.63, 3.8) is 0 Å². The minimum Gasteiger partial charge on any atom is -0.497 e. The summed E-state index contributed by atoms with van der Waals surface area (Å²) in [5.41, 5.74) is 2.68. The van der Waals surface area contributed by atoms with E-state index in [9.17, 15) is 9.90 Å². The van der Waals surface area contributed by atoms with Gasteiger partial charge in [-0.15, -0.1) is 0 Å². The summed E-state index contributed by atoms with van der Waals surface area (Å²) < 4.78 is 5.19. The van der Waals surface area contributed by atoms with E-state index in [0.717, 1.165) is 37.9 Å². The minimum atomic E-state index is -0.497. The van der Waals surface area contributed by atoms with Crippen molar-refractivity contribution in [1.29, 1.82) is 0 Å². The minimum absolute atomic E-state index is 0.224. The zero-order chi connectivity index (χ0) is 21.9. The van der Waals surface area contributed by atoms with Crippen molar-refractivity contribution in [3.8, 4) is 5.75 Å². The van der Waals surface area contributed by atoms with Crippen LogP contribution in [0.4, 0.5) is 11.4 Å². The van der Waals surface area contributed by atoms with E-state index in [-0.39, 0.29) is 11.9 Å². The Morgan fingerprint density at radius 3 is 2.59 bits per heavy atom. The van der Waals surface area contributed by atoms with E-state index in [2.05, 4.69) is 25.6 Å². The van der Waals surface area contributed by atoms with Gasteiger partial charge in [0, 0.05) is 17.9 Å². The van der Waals surface area contributed by atoms with Gasteiger partial charge in [-0.25, -0.2) is 9.97 Å². The number of hydrogen-bond acceptors (Lipinski definition) is 6. The predicted molar refractivity (Wildman–Crippen MR) is 121 cm³/mol. The van der Waals surface area contributed by atoms with Gasteiger partial charge < -0.3 is 25.5 Å². The van der Waals surface area contributed by atoms with Crippen LogP contribution in [-0.4, -0.2) is 44.7 Å². The molecule has 4 aliphatic carbocycles. The molecule has 2 heterocycles. The van der Waals surface area contributed by atoms with Gasteiger partial charge in [0.1, 0.15) is 11.3 Å². The molecule has 0 aliphatic heterocycles. The highest BCUT2D eigenvalue weighted by molar-refractivity contribution is 6.11. The summed E-state index contributed by atoms with van der Waals surface area (Å²) in [4.78, 5) is 25.2. The maximum absolute atomic E-state index is 13.3. The Morgan fingerprint density at radius 2 is 1.91 bits per heavy atom.